The van der Waals surface area contributed by atoms with E-state index in [1.807, 2.05) is 0 Å². The van der Waals surface area contributed by atoms with E-state index in [0.717, 1.165) is 18.2 Å². The number of benzene rings is 1. The molecular weight excluding hydrogens is 317 g/mol. The molecule has 0 aliphatic heterocycles. The summed E-state index contributed by atoms with van der Waals surface area (Å²) in [6.07, 6.45) is 0. The second-order valence-corrected chi connectivity index (χ2v) is 6.47. The third-order valence-electron chi connectivity index (χ3n) is 2.07. The first kappa shape index (κ1) is 16.6. The molecule has 0 unspecified atom stereocenters. The van der Waals surface area contributed by atoms with Gasteiger partial charge in [-0.1, -0.05) is 0 Å². The van der Waals surface area contributed by atoms with Crippen LogP contribution < -0.4 is 4.74 Å². The van der Waals surface area contributed by atoms with Gasteiger partial charge in [0.25, 0.3) is 0 Å². The second kappa shape index (κ2) is 7.36. The molecule has 0 aliphatic rings. The van der Waals surface area contributed by atoms with Crippen LogP contribution in [0.4, 0.5) is 10.1 Å². The van der Waals surface area contributed by atoms with Gasteiger partial charge in [-0.2, -0.15) is 0 Å². The minimum Gasteiger partial charge on any atom is -0.484 e. The van der Waals surface area contributed by atoms with Gasteiger partial charge in [0.15, 0.2) is 5.75 Å². The largest absolute Gasteiger partial charge is 0.484 e. The number of ether oxygens (including phenoxy) is 2. The smallest absolute Gasteiger partial charge is 0.313 e. The average Bonchev–Trinajstić information content (AvgIpc) is 2.33. The zero-order valence-electron chi connectivity index (χ0n) is 10.1. The Morgan fingerprint density at radius 1 is 1.30 bits per heavy atom. The van der Waals surface area contributed by atoms with E-state index >= 15 is 0 Å². The quantitative estimate of drug-likeness (QED) is 0.312. The summed E-state index contributed by atoms with van der Waals surface area (Å²) in [5, 5.41) is 10.7. The molecule has 0 radical (unpaired) electrons. The Kier molecular flexibility index (Phi) is 6.11. The van der Waals surface area contributed by atoms with Crippen molar-refractivity contribution in [1.29, 1.82) is 0 Å². The lowest BCUT2D eigenvalue weighted by atomic mass is 10.3. The Morgan fingerprint density at radius 2 is 2.00 bits per heavy atom. The van der Waals surface area contributed by atoms with Gasteiger partial charge in [0, 0.05) is 10.7 Å². The van der Waals surface area contributed by atoms with Gasteiger partial charge >= 0.3 is 5.69 Å². The van der Waals surface area contributed by atoms with Crippen molar-refractivity contribution in [2.75, 3.05) is 25.6 Å². The van der Waals surface area contributed by atoms with E-state index < -0.39 is 25.5 Å². The maximum atomic E-state index is 12.9. The lowest BCUT2D eigenvalue weighted by Gasteiger charge is -2.07. The summed E-state index contributed by atoms with van der Waals surface area (Å²) in [7, 11) is 1.35. The molecule has 1 aromatic rings. The van der Waals surface area contributed by atoms with Gasteiger partial charge in [0.2, 0.25) is 9.05 Å². The van der Waals surface area contributed by atoms with Crippen LogP contribution in [0.5, 0.6) is 5.75 Å². The maximum Gasteiger partial charge on any atom is 0.313 e. The second-order valence-electron chi connectivity index (χ2n) is 3.57. The van der Waals surface area contributed by atoms with Crippen molar-refractivity contribution in [3.05, 3.63) is 34.1 Å². The summed E-state index contributed by atoms with van der Waals surface area (Å²) in [4.78, 5) is 9.90. The van der Waals surface area contributed by atoms with E-state index in [2.05, 4.69) is 0 Å². The molecule has 0 bridgehead atoms. The van der Waals surface area contributed by atoms with Crippen molar-refractivity contribution in [3.8, 4) is 5.75 Å². The van der Waals surface area contributed by atoms with E-state index in [4.69, 9.17) is 20.2 Å². The van der Waals surface area contributed by atoms with Crippen molar-refractivity contribution in [1.82, 2.24) is 0 Å². The Morgan fingerprint density at radius 3 is 2.60 bits per heavy atom. The van der Waals surface area contributed by atoms with Crippen molar-refractivity contribution in [2.45, 2.75) is 0 Å². The lowest BCUT2D eigenvalue weighted by Crippen LogP contribution is -2.12. The van der Waals surface area contributed by atoms with Gasteiger partial charge in [-0.25, -0.2) is 12.8 Å². The van der Waals surface area contributed by atoms with Gasteiger partial charge in [0.05, 0.1) is 30.0 Å². The summed E-state index contributed by atoms with van der Waals surface area (Å²) in [5.74, 6) is -1.18. The Balaban J connectivity index is 2.41. The standard InChI is InChI=1S/C10H11ClFNO6S/c11-20(16,17)6-5-18-3-4-19-10-2-1-8(12)7-9(10)13(14)15/h1-2,7H,3-6H2. The Labute approximate surface area is 118 Å². The number of nitro benzene ring substituents is 1. The van der Waals surface area contributed by atoms with Crippen LogP contribution in [0, 0.1) is 15.9 Å². The number of halogens is 2. The normalized spacial score (nSPS) is 11.3. The third kappa shape index (κ3) is 6.13. The first-order valence-corrected chi connectivity index (χ1v) is 7.84. The highest BCUT2D eigenvalue weighted by molar-refractivity contribution is 8.13. The molecule has 0 fully saturated rings. The molecule has 0 saturated heterocycles. The average molecular weight is 328 g/mol. The van der Waals surface area contributed by atoms with Crippen LogP contribution in [-0.2, 0) is 13.8 Å². The summed E-state index contributed by atoms with van der Waals surface area (Å²) < 4.78 is 44.0. The molecule has 0 aliphatic carbocycles. The Bertz CT molecular complexity index is 579. The van der Waals surface area contributed by atoms with Gasteiger partial charge in [0.1, 0.15) is 12.4 Å². The minimum absolute atomic E-state index is 0.0148. The fourth-order valence-corrected chi connectivity index (χ4v) is 1.73. The molecule has 1 rings (SSSR count). The molecule has 0 aromatic heterocycles. The van der Waals surface area contributed by atoms with Crippen LogP contribution in [0.1, 0.15) is 0 Å². The van der Waals surface area contributed by atoms with E-state index in [-0.39, 0.29) is 31.3 Å². The predicted molar refractivity (Wildman–Crippen MR) is 69.0 cm³/mol. The van der Waals surface area contributed by atoms with Gasteiger partial charge in [-0.15, -0.1) is 0 Å². The summed E-state index contributed by atoms with van der Waals surface area (Å²) in [5.41, 5.74) is -0.492. The highest BCUT2D eigenvalue weighted by Crippen LogP contribution is 2.27. The zero-order valence-corrected chi connectivity index (χ0v) is 11.7. The molecule has 0 spiro atoms. The molecule has 0 N–H and O–H groups in total. The molecule has 0 saturated carbocycles. The molecule has 0 atom stereocenters. The van der Waals surface area contributed by atoms with Gasteiger partial charge < -0.3 is 9.47 Å². The van der Waals surface area contributed by atoms with Crippen LogP contribution in [0.15, 0.2) is 18.2 Å². The van der Waals surface area contributed by atoms with E-state index in [1.54, 1.807) is 0 Å². The number of nitro groups is 1. The van der Waals surface area contributed by atoms with E-state index in [0.29, 0.717) is 0 Å². The molecule has 10 heteroatoms. The van der Waals surface area contributed by atoms with Crippen LogP contribution in [-0.4, -0.2) is 38.9 Å². The van der Waals surface area contributed by atoms with Gasteiger partial charge in [-0.05, 0) is 12.1 Å². The summed E-state index contributed by atoms with van der Waals surface area (Å²) >= 11 is 0. The molecule has 112 valence electrons. The number of hydrogen-bond acceptors (Lipinski definition) is 6. The third-order valence-corrected chi connectivity index (χ3v) is 3.19. The zero-order chi connectivity index (χ0) is 15.2. The molecule has 20 heavy (non-hydrogen) atoms. The first-order chi connectivity index (χ1) is 9.29. The molecule has 7 nitrogen and oxygen atoms in total. The fraction of sp³-hybridized carbons (Fsp3) is 0.400. The van der Waals surface area contributed by atoms with Crippen molar-refractivity contribution < 1.29 is 27.2 Å². The van der Waals surface area contributed by atoms with Crippen LogP contribution >= 0.6 is 10.7 Å². The van der Waals surface area contributed by atoms with Crippen LogP contribution in [0.3, 0.4) is 0 Å². The number of nitrogens with zero attached hydrogens (tertiary/aromatic N) is 1. The van der Waals surface area contributed by atoms with E-state index in [1.165, 1.54) is 0 Å². The number of rotatable bonds is 8. The summed E-state index contributed by atoms with van der Waals surface area (Å²) in [6.45, 7) is -0.142. The molecular formula is C10H11ClFNO6S. The molecule has 0 heterocycles. The minimum atomic E-state index is -3.61. The fourth-order valence-electron chi connectivity index (χ4n) is 1.23. The van der Waals surface area contributed by atoms with E-state index in [9.17, 15) is 22.9 Å². The maximum absolute atomic E-state index is 12.9. The molecule has 1 aromatic carbocycles. The van der Waals surface area contributed by atoms with Crippen molar-refractivity contribution >= 4 is 25.4 Å². The van der Waals surface area contributed by atoms with Gasteiger partial charge in [-0.3, -0.25) is 10.1 Å². The number of hydrogen-bond donors (Lipinski definition) is 0. The first-order valence-electron chi connectivity index (χ1n) is 5.36. The Hall–Kier alpha value is -1.45. The SMILES string of the molecule is O=[N+]([O-])c1cc(F)ccc1OCCOCCS(=O)(=O)Cl. The monoisotopic (exact) mass is 327 g/mol. The highest BCUT2D eigenvalue weighted by atomic mass is 35.7. The predicted octanol–water partition coefficient (Wildman–Crippen LogP) is 1.70. The lowest BCUT2D eigenvalue weighted by molar-refractivity contribution is -0.386. The highest BCUT2D eigenvalue weighted by Gasteiger charge is 2.16. The molecule has 0 amide bonds. The van der Waals surface area contributed by atoms with Crippen LogP contribution in [0.25, 0.3) is 0 Å². The van der Waals surface area contributed by atoms with Crippen molar-refractivity contribution in [2.24, 2.45) is 0 Å². The summed E-state index contributed by atoms with van der Waals surface area (Å²) in [6, 6.07) is 2.91. The topological polar surface area (TPSA) is 95.7 Å². The van der Waals surface area contributed by atoms with Crippen molar-refractivity contribution in [3.63, 3.8) is 0 Å². The van der Waals surface area contributed by atoms with Crippen LogP contribution in [0.2, 0.25) is 0 Å².